The van der Waals surface area contributed by atoms with Gasteiger partial charge in [-0.1, -0.05) is 53.9 Å². The largest absolute Gasteiger partial charge is 0.462 e. The molecule has 230 valence electrons. The first-order valence-corrected chi connectivity index (χ1v) is 15.7. The maximum atomic E-state index is 13.9. The van der Waals surface area contributed by atoms with Crippen LogP contribution in [0.2, 0.25) is 0 Å². The van der Waals surface area contributed by atoms with Crippen LogP contribution in [0.1, 0.15) is 80.1 Å². The number of aliphatic hydroxyl groups excluding tert-OH is 1. The van der Waals surface area contributed by atoms with Crippen LogP contribution in [-0.4, -0.2) is 47.4 Å². The molecular formula is C35H48O7. The van der Waals surface area contributed by atoms with Crippen LogP contribution in [0.5, 0.6) is 0 Å². The van der Waals surface area contributed by atoms with Crippen molar-refractivity contribution in [1.29, 1.82) is 0 Å². The lowest BCUT2D eigenvalue weighted by atomic mass is 9.43. The molecule has 0 radical (unpaired) electrons. The number of rotatable bonds is 9. The number of ether oxygens (including phenoxy) is 2. The highest BCUT2D eigenvalue weighted by atomic mass is 16.5. The Morgan fingerprint density at radius 2 is 1.86 bits per heavy atom. The highest BCUT2D eigenvalue weighted by Gasteiger charge is 2.81. The van der Waals surface area contributed by atoms with Gasteiger partial charge in [0, 0.05) is 36.7 Å². The quantitative estimate of drug-likeness (QED) is 0.221. The Balaban J connectivity index is 1.43. The van der Waals surface area contributed by atoms with Crippen molar-refractivity contribution in [2.45, 2.75) is 92.3 Å². The number of aliphatic hydroxyl groups is 1. The fourth-order valence-corrected chi connectivity index (χ4v) is 10.9. The molecule has 5 aliphatic rings. The SMILES string of the molecule is C=CC(=O)OC[C@H](C)C(=C)C(O)C(=O)[C@@H](C)[C@H]1[C@@H](OC(C)=O)C[C@@]2(C)C3CCC4[C@H](C)C(=O)C=C[C@@]45C[C@@]35CC[C@]12C. The number of hydrogen-bond acceptors (Lipinski definition) is 7. The molecule has 42 heavy (non-hydrogen) atoms. The highest BCUT2D eigenvalue weighted by Crippen LogP contribution is 2.87. The Bertz CT molecular complexity index is 1250. The first-order valence-electron chi connectivity index (χ1n) is 15.7. The van der Waals surface area contributed by atoms with Crippen molar-refractivity contribution in [3.63, 3.8) is 0 Å². The van der Waals surface area contributed by atoms with E-state index < -0.39 is 30.0 Å². The summed E-state index contributed by atoms with van der Waals surface area (Å²) in [6, 6.07) is 0. The Morgan fingerprint density at radius 1 is 1.17 bits per heavy atom. The highest BCUT2D eigenvalue weighted by molar-refractivity contribution is 5.93. The van der Waals surface area contributed by atoms with Gasteiger partial charge in [-0.25, -0.2) is 4.79 Å². The van der Waals surface area contributed by atoms with E-state index >= 15 is 0 Å². The predicted molar refractivity (Wildman–Crippen MR) is 158 cm³/mol. The van der Waals surface area contributed by atoms with Gasteiger partial charge in [0.25, 0.3) is 0 Å². The zero-order valence-electron chi connectivity index (χ0n) is 26.1. The molecular weight excluding hydrogens is 532 g/mol. The van der Waals surface area contributed by atoms with Gasteiger partial charge < -0.3 is 14.6 Å². The summed E-state index contributed by atoms with van der Waals surface area (Å²) in [6.07, 6.45) is 9.06. The molecule has 2 spiro atoms. The molecule has 7 heteroatoms. The van der Waals surface area contributed by atoms with Crippen molar-refractivity contribution in [2.75, 3.05) is 6.61 Å². The van der Waals surface area contributed by atoms with Gasteiger partial charge in [0.1, 0.15) is 12.2 Å². The van der Waals surface area contributed by atoms with Crippen LogP contribution >= 0.6 is 0 Å². The summed E-state index contributed by atoms with van der Waals surface area (Å²) in [5.41, 5.74) is 0.0486. The zero-order chi connectivity index (χ0) is 31.0. The number of carbonyl (C=O) groups excluding carboxylic acids is 4. The predicted octanol–water partition coefficient (Wildman–Crippen LogP) is 5.41. The number of esters is 2. The standard InChI is InChI=1S/C35H48O7/c1-9-28(38)41-17-19(2)20(3)30(39)31(40)22(5)29-26(42-23(6)36)16-33(8)27-11-10-24-21(4)25(37)12-13-34(24)18-35(27,34)15-14-32(29,33)7/h9,12-13,19,21-22,24,26-27,29-30,39H,1,3,10-11,14-18H2,2,4-8H3/t19-,21-,22-,24?,26-,27?,29-,30?,32+,33-,34+,35-/m0/s1. The van der Waals surface area contributed by atoms with Gasteiger partial charge in [-0.2, -0.15) is 0 Å². The fourth-order valence-electron chi connectivity index (χ4n) is 10.9. The molecule has 5 aliphatic carbocycles. The van der Waals surface area contributed by atoms with Crippen molar-refractivity contribution in [3.8, 4) is 0 Å². The third-order valence-corrected chi connectivity index (χ3v) is 13.2. The number of hydrogen-bond donors (Lipinski definition) is 1. The second kappa shape index (κ2) is 10.3. The topological polar surface area (TPSA) is 107 Å². The van der Waals surface area contributed by atoms with Gasteiger partial charge in [-0.3, -0.25) is 14.4 Å². The molecule has 4 saturated carbocycles. The van der Waals surface area contributed by atoms with E-state index in [9.17, 15) is 24.3 Å². The van der Waals surface area contributed by atoms with Crippen molar-refractivity contribution in [1.82, 2.24) is 0 Å². The van der Waals surface area contributed by atoms with Crippen LogP contribution in [0.3, 0.4) is 0 Å². The Kier molecular flexibility index (Phi) is 7.56. The van der Waals surface area contributed by atoms with E-state index in [2.05, 4.69) is 40.0 Å². The lowest BCUT2D eigenvalue weighted by Gasteiger charge is -2.60. The van der Waals surface area contributed by atoms with E-state index in [1.54, 1.807) is 6.92 Å². The molecule has 0 aromatic heterocycles. The van der Waals surface area contributed by atoms with Crippen molar-refractivity contribution >= 4 is 23.5 Å². The third kappa shape index (κ3) is 4.16. The smallest absolute Gasteiger partial charge is 0.330 e. The van der Waals surface area contributed by atoms with E-state index in [-0.39, 0.29) is 57.6 Å². The number of fused-ring (bicyclic) bond motifs is 2. The van der Waals surface area contributed by atoms with Crippen LogP contribution in [-0.2, 0) is 28.7 Å². The van der Waals surface area contributed by atoms with E-state index in [0.29, 0.717) is 23.8 Å². The first kappa shape index (κ1) is 30.9. The summed E-state index contributed by atoms with van der Waals surface area (Å²) in [7, 11) is 0. The normalized spacial score (nSPS) is 43.4. The van der Waals surface area contributed by atoms with Gasteiger partial charge in [0.15, 0.2) is 11.6 Å². The molecule has 0 amide bonds. The van der Waals surface area contributed by atoms with Crippen LogP contribution in [0.25, 0.3) is 0 Å². The summed E-state index contributed by atoms with van der Waals surface area (Å²) in [5, 5.41) is 11.2. The minimum absolute atomic E-state index is 0.0110. The van der Waals surface area contributed by atoms with Crippen molar-refractivity contribution in [3.05, 3.63) is 37.0 Å². The third-order valence-electron chi connectivity index (χ3n) is 13.2. The maximum Gasteiger partial charge on any atom is 0.330 e. The number of carbonyl (C=O) groups is 4. The minimum atomic E-state index is -1.42. The summed E-state index contributed by atoms with van der Waals surface area (Å²) < 4.78 is 11.1. The van der Waals surface area contributed by atoms with Gasteiger partial charge in [-0.05, 0) is 83.7 Å². The van der Waals surface area contributed by atoms with Crippen LogP contribution in [0, 0.1) is 57.2 Å². The summed E-state index contributed by atoms with van der Waals surface area (Å²) >= 11 is 0. The minimum Gasteiger partial charge on any atom is -0.462 e. The number of Topliss-reactive ketones (excluding diaryl/α,β-unsaturated/α-hetero) is 1. The zero-order valence-corrected chi connectivity index (χ0v) is 26.1. The van der Waals surface area contributed by atoms with E-state index in [0.717, 1.165) is 38.2 Å². The molecule has 12 atom stereocenters. The van der Waals surface area contributed by atoms with E-state index in [1.807, 2.05) is 13.0 Å². The average Bonchev–Trinajstić information content (AvgIpc) is 3.56. The van der Waals surface area contributed by atoms with E-state index in [4.69, 9.17) is 9.47 Å². The molecule has 0 aliphatic heterocycles. The molecule has 5 rings (SSSR count). The molecule has 0 saturated heterocycles. The monoisotopic (exact) mass is 580 g/mol. The average molecular weight is 581 g/mol. The number of ketones is 2. The number of allylic oxidation sites excluding steroid dienone is 2. The van der Waals surface area contributed by atoms with Gasteiger partial charge >= 0.3 is 11.9 Å². The Morgan fingerprint density at radius 3 is 2.50 bits per heavy atom. The van der Waals surface area contributed by atoms with Gasteiger partial charge in [0.05, 0.1) is 6.61 Å². The van der Waals surface area contributed by atoms with Crippen molar-refractivity contribution in [2.24, 2.45) is 57.2 Å². The maximum absolute atomic E-state index is 13.9. The fraction of sp³-hybridized carbons (Fsp3) is 0.714. The van der Waals surface area contributed by atoms with Crippen LogP contribution in [0.4, 0.5) is 0 Å². The van der Waals surface area contributed by atoms with Gasteiger partial charge in [0.2, 0.25) is 0 Å². The van der Waals surface area contributed by atoms with Crippen LogP contribution in [0.15, 0.2) is 37.0 Å². The van der Waals surface area contributed by atoms with E-state index in [1.165, 1.54) is 6.92 Å². The summed E-state index contributed by atoms with van der Waals surface area (Å²) in [4.78, 5) is 50.4. The van der Waals surface area contributed by atoms with Crippen LogP contribution < -0.4 is 0 Å². The molecule has 1 N–H and O–H groups in total. The van der Waals surface area contributed by atoms with Gasteiger partial charge in [-0.15, -0.1) is 0 Å². The second-order valence-corrected chi connectivity index (χ2v) is 14.8. The molecule has 0 aromatic carbocycles. The second-order valence-electron chi connectivity index (χ2n) is 14.8. The molecule has 0 heterocycles. The summed E-state index contributed by atoms with van der Waals surface area (Å²) in [6.45, 7) is 19.1. The Labute approximate surface area is 250 Å². The Hall–Kier alpha value is -2.54. The molecule has 0 aromatic rings. The molecule has 4 fully saturated rings. The molecule has 7 nitrogen and oxygen atoms in total. The lowest BCUT2D eigenvalue weighted by molar-refractivity contribution is -0.155. The first-order chi connectivity index (χ1) is 19.6. The van der Waals surface area contributed by atoms with Crippen molar-refractivity contribution < 1.29 is 33.8 Å². The molecule has 3 unspecified atom stereocenters. The molecule has 0 bridgehead atoms. The lowest BCUT2D eigenvalue weighted by Crippen LogP contribution is -2.55. The summed E-state index contributed by atoms with van der Waals surface area (Å²) in [5.74, 6) is -1.47.